The van der Waals surface area contributed by atoms with Crippen LogP contribution in [-0.2, 0) is 17.9 Å². The average Bonchev–Trinajstić information content (AvgIpc) is 2.61. The minimum absolute atomic E-state index is 0.0439. The normalized spacial score (nSPS) is 18.6. The number of aromatic nitrogens is 2. The van der Waals surface area contributed by atoms with Gasteiger partial charge in [-0.15, -0.1) is 0 Å². The molecule has 1 N–H and O–H groups in total. The number of carbonyl (C=O) groups excluding carboxylic acids is 1. The number of nitrogens with zero attached hydrogens (tertiary/aromatic N) is 3. The highest BCUT2D eigenvalue weighted by molar-refractivity contribution is 5.98. The lowest BCUT2D eigenvalue weighted by atomic mass is 10.1. The summed E-state index contributed by atoms with van der Waals surface area (Å²) in [6.45, 7) is 2.96. The predicted molar refractivity (Wildman–Crippen MR) is 76.0 cm³/mol. The third-order valence-corrected chi connectivity index (χ3v) is 3.44. The monoisotopic (exact) mass is 268 g/mol. The van der Waals surface area contributed by atoms with Crippen molar-refractivity contribution < 1.29 is 4.79 Å². The van der Waals surface area contributed by atoms with Crippen molar-refractivity contribution in [1.29, 1.82) is 0 Å². The fourth-order valence-corrected chi connectivity index (χ4v) is 2.34. The number of amides is 1. The SMILES string of the molecule is CC1NCc2ccccc2N(Cc2ncccn2)C1=O. The molecule has 3 rings (SSSR count). The topological polar surface area (TPSA) is 58.1 Å². The van der Waals surface area contributed by atoms with Gasteiger partial charge in [0.25, 0.3) is 0 Å². The number of fused-ring (bicyclic) bond motifs is 1. The first kappa shape index (κ1) is 12.7. The maximum atomic E-state index is 12.5. The fourth-order valence-electron chi connectivity index (χ4n) is 2.34. The number of anilines is 1. The van der Waals surface area contributed by atoms with Crippen LogP contribution in [0.2, 0.25) is 0 Å². The van der Waals surface area contributed by atoms with E-state index in [-0.39, 0.29) is 11.9 Å². The van der Waals surface area contributed by atoms with Crippen molar-refractivity contribution in [1.82, 2.24) is 15.3 Å². The molecule has 0 bridgehead atoms. The Balaban J connectivity index is 1.99. The van der Waals surface area contributed by atoms with Gasteiger partial charge in [-0.2, -0.15) is 0 Å². The average molecular weight is 268 g/mol. The van der Waals surface area contributed by atoms with Gasteiger partial charge < -0.3 is 10.2 Å². The molecule has 5 nitrogen and oxygen atoms in total. The number of carbonyl (C=O) groups is 1. The van der Waals surface area contributed by atoms with Crippen molar-refractivity contribution in [3.8, 4) is 0 Å². The maximum absolute atomic E-state index is 12.5. The van der Waals surface area contributed by atoms with Crippen LogP contribution in [0.5, 0.6) is 0 Å². The van der Waals surface area contributed by atoms with Crippen LogP contribution in [0.4, 0.5) is 5.69 Å². The number of nitrogens with one attached hydrogen (secondary N) is 1. The van der Waals surface area contributed by atoms with Gasteiger partial charge in [-0.1, -0.05) is 18.2 Å². The molecule has 0 radical (unpaired) electrons. The quantitative estimate of drug-likeness (QED) is 0.896. The molecule has 1 aromatic carbocycles. The molecule has 20 heavy (non-hydrogen) atoms. The number of para-hydroxylation sites is 1. The Morgan fingerprint density at radius 2 is 2.00 bits per heavy atom. The highest BCUT2D eigenvalue weighted by atomic mass is 16.2. The summed E-state index contributed by atoms with van der Waals surface area (Å²) in [6.07, 6.45) is 3.39. The molecule has 0 aliphatic carbocycles. The lowest BCUT2D eigenvalue weighted by molar-refractivity contribution is -0.120. The van der Waals surface area contributed by atoms with Gasteiger partial charge in [-0.25, -0.2) is 9.97 Å². The molecular formula is C15H16N4O. The third-order valence-electron chi connectivity index (χ3n) is 3.44. The van der Waals surface area contributed by atoms with Crippen molar-refractivity contribution in [3.63, 3.8) is 0 Å². The van der Waals surface area contributed by atoms with E-state index in [4.69, 9.17) is 0 Å². The second kappa shape index (κ2) is 5.38. The van der Waals surface area contributed by atoms with Gasteiger partial charge in [0.15, 0.2) is 0 Å². The Hall–Kier alpha value is -2.27. The van der Waals surface area contributed by atoms with E-state index in [0.717, 1.165) is 11.3 Å². The van der Waals surface area contributed by atoms with Crippen LogP contribution in [0, 0.1) is 0 Å². The Morgan fingerprint density at radius 3 is 2.80 bits per heavy atom. The zero-order valence-corrected chi connectivity index (χ0v) is 11.3. The first-order valence-electron chi connectivity index (χ1n) is 6.64. The summed E-state index contributed by atoms with van der Waals surface area (Å²) in [5.74, 6) is 0.687. The Morgan fingerprint density at radius 1 is 1.25 bits per heavy atom. The van der Waals surface area contributed by atoms with Crippen LogP contribution in [0.15, 0.2) is 42.7 Å². The highest BCUT2D eigenvalue weighted by Crippen LogP contribution is 2.25. The van der Waals surface area contributed by atoms with Crippen LogP contribution in [0.3, 0.4) is 0 Å². The third kappa shape index (κ3) is 2.40. The summed E-state index contributed by atoms with van der Waals surface area (Å²) in [5.41, 5.74) is 2.04. The minimum atomic E-state index is -0.217. The van der Waals surface area contributed by atoms with Crippen LogP contribution in [0.1, 0.15) is 18.3 Å². The number of hydrogen-bond acceptors (Lipinski definition) is 4. The summed E-state index contributed by atoms with van der Waals surface area (Å²) in [7, 11) is 0. The van der Waals surface area contributed by atoms with Gasteiger partial charge in [0.05, 0.1) is 12.6 Å². The van der Waals surface area contributed by atoms with Crippen molar-refractivity contribution in [2.45, 2.75) is 26.1 Å². The smallest absolute Gasteiger partial charge is 0.244 e. The van der Waals surface area contributed by atoms with Crippen LogP contribution >= 0.6 is 0 Å². The molecule has 1 aromatic heterocycles. The lowest BCUT2D eigenvalue weighted by Crippen LogP contribution is -2.42. The lowest BCUT2D eigenvalue weighted by Gasteiger charge is -2.23. The molecule has 2 heterocycles. The number of rotatable bonds is 2. The molecule has 0 spiro atoms. The number of hydrogen-bond donors (Lipinski definition) is 1. The summed E-state index contributed by atoms with van der Waals surface area (Å²) in [5, 5.41) is 3.23. The molecule has 1 aliphatic heterocycles. The van der Waals surface area contributed by atoms with Crippen molar-refractivity contribution in [2.75, 3.05) is 4.90 Å². The first-order valence-corrected chi connectivity index (χ1v) is 6.64. The standard InChI is InChI=1S/C15H16N4O/c1-11-15(20)19(10-14-16-7-4-8-17-14)13-6-3-2-5-12(13)9-18-11/h2-8,11,18H,9-10H2,1H3. The van der Waals surface area contributed by atoms with Gasteiger partial charge in [0, 0.05) is 24.6 Å². The van der Waals surface area contributed by atoms with Crippen LogP contribution in [-0.4, -0.2) is 21.9 Å². The largest absolute Gasteiger partial charge is 0.303 e. The second-order valence-corrected chi connectivity index (χ2v) is 4.82. The summed E-state index contributed by atoms with van der Waals surface area (Å²) in [6, 6.07) is 9.49. The van der Waals surface area contributed by atoms with E-state index in [1.807, 2.05) is 31.2 Å². The zero-order valence-electron chi connectivity index (χ0n) is 11.3. The van der Waals surface area contributed by atoms with Gasteiger partial charge in [0.2, 0.25) is 5.91 Å². The predicted octanol–water partition coefficient (Wildman–Crippen LogP) is 1.50. The second-order valence-electron chi connectivity index (χ2n) is 4.82. The molecule has 5 heteroatoms. The molecule has 1 atom stereocenters. The molecule has 1 amide bonds. The summed E-state index contributed by atoms with van der Waals surface area (Å²) >= 11 is 0. The van der Waals surface area contributed by atoms with Gasteiger partial charge in [-0.05, 0) is 24.6 Å². The Kier molecular flexibility index (Phi) is 3.43. The molecule has 1 aliphatic rings. The summed E-state index contributed by atoms with van der Waals surface area (Å²) in [4.78, 5) is 22.7. The van der Waals surface area contributed by atoms with Crippen molar-refractivity contribution >= 4 is 11.6 Å². The Bertz CT molecular complexity index is 614. The minimum Gasteiger partial charge on any atom is -0.303 e. The van der Waals surface area contributed by atoms with E-state index in [1.165, 1.54) is 0 Å². The maximum Gasteiger partial charge on any atom is 0.244 e. The highest BCUT2D eigenvalue weighted by Gasteiger charge is 2.27. The van der Waals surface area contributed by atoms with E-state index in [2.05, 4.69) is 15.3 Å². The first-order chi connectivity index (χ1) is 9.75. The molecule has 2 aromatic rings. The molecule has 0 saturated carbocycles. The van der Waals surface area contributed by atoms with Crippen LogP contribution < -0.4 is 10.2 Å². The zero-order chi connectivity index (χ0) is 13.9. The van der Waals surface area contributed by atoms with E-state index in [0.29, 0.717) is 18.9 Å². The fraction of sp³-hybridized carbons (Fsp3) is 0.267. The van der Waals surface area contributed by atoms with E-state index in [1.54, 1.807) is 23.4 Å². The van der Waals surface area contributed by atoms with Gasteiger partial charge in [0.1, 0.15) is 5.82 Å². The Labute approximate surface area is 117 Å². The van der Waals surface area contributed by atoms with Crippen molar-refractivity contribution in [2.24, 2.45) is 0 Å². The van der Waals surface area contributed by atoms with Gasteiger partial charge in [-0.3, -0.25) is 4.79 Å². The molecule has 0 saturated heterocycles. The molecular weight excluding hydrogens is 252 g/mol. The summed E-state index contributed by atoms with van der Waals surface area (Å²) < 4.78 is 0. The molecule has 1 unspecified atom stereocenters. The van der Waals surface area contributed by atoms with Gasteiger partial charge >= 0.3 is 0 Å². The van der Waals surface area contributed by atoms with E-state index < -0.39 is 0 Å². The van der Waals surface area contributed by atoms with Crippen LogP contribution in [0.25, 0.3) is 0 Å². The van der Waals surface area contributed by atoms with Crippen molar-refractivity contribution in [3.05, 3.63) is 54.1 Å². The van der Waals surface area contributed by atoms with E-state index >= 15 is 0 Å². The number of benzene rings is 1. The molecule has 102 valence electrons. The van der Waals surface area contributed by atoms with E-state index in [9.17, 15) is 4.79 Å². The molecule has 0 fully saturated rings.